The van der Waals surface area contributed by atoms with Gasteiger partial charge < -0.3 is 0 Å². The molecule has 0 saturated carbocycles. The van der Waals surface area contributed by atoms with E-state index in [-0.39, 0.29) is 0 Å². The molecule has 1 aromatic heterocycles. The molecule has 0 unspecified atom stereocenters. The molecule has 1 nitrogen and oxygen atoms in total. The lowest BCUT2D eigenvalue weighted by atomic mass is 9.87. The van der Waals surface area contributed by atoms with Gasteiger partial charge in [0, 0.05) is 44.2 Å². The number of halogens is 3. The molecule has 1 aromatic rings. The van der Waals surface area contributed by atoms with Gasteiger partial charge in [0.15, 0.2) is 0 Å². The van der Waals surface area contributed by atoms with Crippen molar-refractivity contribution in [2.75, 3.05) is 0 Å². The molecule has 5 aliphatic carbocycles. The Labute approximate surface area is 250 Å². The van der Waals surface area contributed by atoms with Crippen molar-refractivity contribution in [1.82, 2.24) is 4.98 Å². The summed E-state index contributed by atoms with van der Waals surface area (Å²) in [7, 11) is 0. The Bertz CT molecular complexity index is 1570. The van der Waals surface area contributed by atoms with Crippen LogP contribution in [0.5, 0.6) is 0 Å². The van der Waals surface area contributed by atoms with Crippen LogP contribution < -0.4 is 0 Å². The zero-order valence-corrected chi connectivity index (χ0v) is 24.8. The summed E-state index contributed by atoms with van der Waals surface area (Å²) >= 11 is 11.0. The van der Waals surface area contributed by atoms with E-state index < -0.39 is 0 Å². The first-order valence-corrected chi connectivity index (χ1v) is 14.3. The third kappa shape index (κ3) is 6.21. The highest BCUT2D eigenvalue weighted by Gasteiger charge is 2.23. The molecule has 0 amide bonds. The molecule has 0 atom stereocenters. The summed E-state index contributed by atoms with van der Waals surface area (Å²) in [6, 6.07) is 4.11. The topological polar surface area (TPSA) is 12.9 Å². The van der Waals surface area contributed by atoms with Crippen LogP contribution in [0.25, 0.3) is 0 Å². The van der Waals surface area contributed by atoms with Gasteiger partial charge in [-0.3, -0.25) is 4.98 Å². The van der Waals surface area contributed by atoms with E-state index in [0.29, 0.717) is 0 Å². The zero-order chi connectivity index (χ0) is 26.1. The second-order valence-corrected chi connectivity index (χ2v) is 11.9. The molecule has 0 fully saturated rings. The Kier molecular flexibility index (Phi) is 7.11. The van der Waals surface area contributed by atoms with Crippen LogP contribution in [0.1, 0.15) is 5.56 Å². The number of pyridine rings is 1. The van der Waals surface area contributed by atoms with Crippen LogP contribution in [0.2, 0.25) is 0 Å². The van der Waals surface area contributed by atoms with Crippen LogP contribution in [0.4, 0.5) is 0 Å². The number of hydrogen-bond donors (Lipinski definition) is 0. The largest absolute Gasteiger partial charge is 0.265 e. The van der Waals surface area contributed by atoms with Gasteiger partial charge in [-0.05, 0) is 86.5 Å². The third-order valence-corrected chi connectivity index (χ3v) is 7.37. The summed E-state index contributed by atoms with van der Waals surface area (Å²) in [6.07, 6.45) is 44.0. The molecule has 8 bridgehead atoms. The minimum atomic E-state index is 0.798. The van der Waals surface area contributed by atoms with E-state index in [2.05, 4.69) is 164 Å². The van der Waals surface area contributed by atoms with Crippen molar-refractivity contribution in [2.45, 2.75) is 6.42 Å². The van der Waals surface area contributed by atoms with Crippen molar-refractivity contribution < 1.29 is 0 Å². The quantitative estimate of drug-likeness (QED) is 0.285. The summed E-state index contributed by atoms with van der Waals surface area (Å²) in [5, 5.41) is 0. The summed E-state index contributed by atoms with van der Waals surface area (Å²) in [6.45, 7) is 0. The summed E-state index contributed by atoms with van der Waals surface area (Å²) in [5.41, 5.74) is 10.2. The Hall–Kier alpha value is -3.32. The first-order valence-electron chi connectivity index (χ1n) is 12.0. The molecule has 4 heteroatoms. The Morgan fingerprint density at radius 2 is 1.45 bits per heavy atom. The smallest absolute Gasteiger partial charge is 0.228 e. The molecule has 180 valence electrons. The van der Waals surface area contributed by atoms with E-state index in [4.69, 9.17) is 0 Å². The van der Waals surface area contributed by atoms with Gasteiger partial charge in [0.2, 0.25) is 11.1 Å². The van der Waals surface area contributed by atoms with Gasteiger partial charge >= 0.3 is 0 Å². The van der Waals surface area contributed by atoms with E-state index in [1.165, 1.54) is 11.1 Å². The monoisotopic (exact) mass is 677 g/mol. The minimum Gasteiger partial charge on any atom is -0.265 e. The molecule has 1 heterocycles. The van der Waals surface area contributed by atoms with Crippen LogP contribution in [-0.4, -0.2) is 4.98 Å². The molecule has 5 aliphatic rings. The number of aromatic nitrogens is 1. The fourth-order valence-electron chi connectivity index (χ4n) is 4.54. The average molecular weight is 680 g/mol. The van der Waals surface area contributed by atoms with E-state index in [1.807, 2.05) is 12.4 Å². The summed E-state index contributed by atoms with van der Waals surface area (Å²) in [5.74, 6) is 0. The first-order chi connectivity index (χ1) is 18.4. The van der Waals surface area contributed by atoms with Crippen molar-refractivity contribution in [2.24, 2.45) is 0 Å². The second kappa shape index (κ2) is 10.8. The predicted octanol–water partition coefficient (Wildman–Crippen LogP) is 8.90. The van der Waals surface area contributed by atoms with Crippen LogP contribution in [0.3, 0.4) is 0 Å². The van der Waals surface area contributed by atoms with Crippen LogP contribution in [0, 0.1) is 50.0 Å². The Morgan fingerprint density at radius 3 is 2.26 bits per heavy atom. The molecular formula is C34H18Br3N. The molecule has 0 aromatic carbocycles. The van der Waals surface area contributed by atoms with Crippen LogP contribution in [-0.2, 0) is 6.42 Å². The van der Waals surface area contributed by atoms with Gasteiger partial charge in [0.25, 0.3) is 0 Å². The van der Waals surface area contributed by atoms with E-state index in [1.54, 1.807) is 0 Å². The average Bonchev–Trinajstić information content (AvgIpc) is 2.83. The molecule has 0 saturated heterocycles. The highest BCUT2D eigenvalue weighted by atomic mass is 79.9. The lowest BCUT2D eigenvalue weighted by molar-refractivity contribution is 1.12. The molecule has 0 N–H and O–H groups in total. The SMILES string of the molecule is BrC1=CC2=[C+]C3=CC(=[C+]C4=CC(=[C-]C5=CC(=[C+]C(=C2)[CH+]1)C=C(Br)[CH-]5)C=C(Cc1ccncc1)[CH-]4)C=C(Br)[CH-]3. The fourth-order valence-corrected chi connectivity index (χ4v) is 6.02. The number of fused-ring (bicyclic) bond motifs is 4. The van der Waals surface area contributed by atoms with Crippen molar-refractivity contribution in [1.29, 1.82) is 0 Å². The molecule has 38 heavy (non-hydrogen) atoms. The van der Waals surface area contributed by atoms with Crippen molar-refractivity contribution in [3.8, 4) is 0 Å². The maximum atomic E-state index is 4.16. The maximum Gasteiger partial charge on any atom is 0.228 e. The summed E-state index contributed by atoms with van der Waals surface area (Å²) in [4.78, 5) is 4.16. The highest BCUT2D eigenvalue weighted by molar-refractivity contribution is 9.12. The van der Waals surface area contributed by atoms with Crippen molar-refractivity contribution in [3.63, 3.8) is 0 Å². The van der Waals surface area contributed by atoms with E-state index in [0.717, 1.165) is 64.5 Å². The van der Waals surface area contributed by atoms with Gasteiger partial charge in [-0.2, -0.15) is 6.08 Å². The van der Waals surface area contributed by atoms with Gasteiger partial charge in [0.1, 0.15) is 6.08 Å². The van der Waals surface area contributed by atoms with Gasteiger partial charge in [-0.15, -0.1) is 12.5 Å². The number of allylic oxidation sites excluding steroid dienone is 24. The number of rotatable bonds is 2. The van der Waals surface area contributed by atoms with Gasteiger partial charge in [-0.1, -0.05) is 45.3 Å². The molecular weight excluding hydrogens is 662 g/mol. The molecule has 0 radical (unpaired) electrons. The Balaban J connectivity index is 1.49. The van der Waals surface area contributed by atoms with Crippen molar-refractivity contribution in [3.05, 3.63) is 192 Å². The standard InChI is InChI=1S/C34H18Br3N/c35-32-16-26-9-24-6-23(5-22-1-3-38-4-2-22)7-25(8-24)10-27-12-29(19-33(36)17-27)14-31-15-30(20-34(37)21-31)13-28(11-26)18-32/h1-4,6-8,11-12,15-21H,5H2. The zero-order valence-electron chi connectivity index (χ0n) is 20.0. The third-order valence-electron chi connectivity index (χ3n) is 6.00. The lowest BCUT2D eigenvalue weighted by Gasteiger charge is -2.19. The van der Waals surface area contributed by atoms with Crippen LogP contribution in [0.15, 0.2) is 137 Å². The van der Waals surface area contributed by atoms with Crippen molar-refractivity contribution >= 4 is 47.8 Å². The maximum absolute atomic E-state index is 4.16. The van der Waals surface area contributed by atoms with E-state index in [9.17, 15) is 0 Å². The second-order valence-electron chi connectivity index (χ2n) is 9.14. The van der Waals surface area contributed by atoms with Gasteiger partial charge in [-0.25, -0.2) is 0 Å². The lowest BCUT2D eigenvalue weighted by Crippen LogP contribution is -2.03. The Morgan fingerprint density at radius 1 is 0.737 bits per heavy atom. The molecule has 0 aliphatic heterocycles. The summed E-state index contributed by atoms with van der Waals surface area (Å²) < 4.78 is 2.93. The minimum absolute atomic E-state index is 0.798. The molecule has 6 rings (SSSR count). The van der Waals surface area contributed by atoms with E-state index >= 15 is 0 Å². The number of hydrogen-bond acceptors (Lipinski definition) is 1. The highest BCUT2D eigenvalue weighted by Crippen LogP contribution is 2.34. The van der Waals surface area contributed by atoms with Crippen LogP contribution >= 0.6 is 47.8 Å². The normalized spacial score (nSPS) is 19.6. The molecule has 0 spiro atoms. The van der Waals surface area contributed by atoms with Gasteiger partial charge in [0.05, 0.1) is 34.7 Å². The number of nitrogens with zero attached hydrogens (tertiary/aromatic N) is 1. The fraction of sp³-hybridized carbons (Fsp3) is 0.0294. The first kappa shape index (κ1) is 25.0. The predicted molar refractivity (Wildman–Crippen MR) is 164 cm³/mol.